The van der Waals surface area contributed by atoms with E-state index in [-0.39, 0.29) is 24.0 Å². The van der Waals surface area contributed by atoms with E-state index in [1.807, 2.05) is 0 Å². The van der Waals surface area contributed by atoms with Gasteiger partial charge < -0.3 is 14.6 Å². The summed E-state index contributed by atoms with van der Waals surface area (Å²) in [5.41, 5.74) is 4.46. The second kappa shape index (κ2) is 12.3. The highest BCUT2D eigenvalue weighted by Crippen LogP contribution is 2.43. The van der Waals surface area contributed by atoms with Crippen LogP contribution in [0.25, 0.3) is 11.4 Å². The first-order chi connectivity index (χ1) is 19.4. The summed E-state index contributed by atoms with van der Waals surface area (Å²) in [4.78, 5) is 0. The summed E-state index contributed by atoms with van der Waals surface area (Å²) in [6.07, 6.45) is 7.88. The summed E-state index contributed by atoms with van der Waals surface area (Å²) in [6.45, 7) is -5.95. The number of para-hydroxylation sites is 4. The van der Waals surface area contributed by atoms with Crippen molar-refractivity contribution in [2.45, 2.75) is 63.2 Å². The van der Waals surface area contributed by atoms with E-state index in [0.717, 1.165) is 42.5 Å². The second-order valence-corrected chi connectivity index (χ2v) is 9.72. The fourth-order valence-corrected chi connectivity index (χ4v) is 4.87. The van der Waals surface area contributed by atoms with Crippen molar-refractivity contribution in [1.82, 2.24) is 19.6 Å². The highest BCUT2D eigenvalue weighted by atomic mass is 35.5. The van der Waals surface area contributed by atoms with Gasteiger partial charge in [0.2, 0.25) is 0 Å². The number of ether oxygens (including phenoxy) is 2. The zero-order chi connectivity index (χ0) is 28.2. The molecule has 2 heterocycles. The van der Waals surface area contributed by atoms with Gasteiger partial charge in [0.25, 0.3) is 0 Å². The molecule has 2 fully saturated rings. The van der Waals surface area contributed by atoms with E-state index in [1.165, 1.54) is 16.8 Å². The van der Waals surface area contributed by atoms with Gasteiger partial charge in [-0.2, -0.15) is 27.8 Å². The van der Waals surface area contributed by atoms with Crippen LogP contribution in [0.2, 0.25) is 0 Å². The third-order valence-electron chi connectivity index (χ3n) is 6.73. The van der Waals surface area contributed by atoms with Crippen molar-refractivity contribution in [3.8, 4) is 22.9 Å². The van der Waals surface area contributed by atoms with Gasteiger partial charge in [0.05, 0.1) is 36.3 Å². The monoisotopic (exact) mass is 578 g/mol. The largest absolute Gasteiger partial charge is 0.433 e. The maximum Gasteiger partial charge on any atom is 0.387 e. The average molecular weight is 579 g/mol. The number of aliphatic hydroxyl groups excluding tert-OH is 1. The molecular formula is C28H27ClF4N4O3. The molecule has 2 aliphatic rings. The number of benzene rings is 2. The van der Waals surface area contributed by atoms with Gasteiger partial charge in [-0.3, -0.25) is 0 Å². The van der Waals surface area contributed by atoms with E-state index in [2.05, 4.69) is 19.7 Å². The number of hydrogen-bond acceptors (Lipinski definition) is 5. The normalized spacial score (nSPS) is 14.8. The summed E-state index contributed by atoms with van der Waals surface area (Å²) >= 11 is 6.01. The summed E-state index contributed by atoms with van der Waals surface area (Å²) in [5, 5.41) is 18.1. The number of hydrogen-bond donors (Lipinski definition) is 1. The molecule has 2 saturated carbocycles. The maximum atomic E-state index is 12.5. The number of aliphatic hydroxyl groups is 1. The van der Waals surface area contributed by atoms with Crippen molar-refractivity contribution in [1.29, 1.82) is 0 Å². The third kappa shape index (κ3) is 6.26. The fourth-order valence-electron chi connectivity index (χ4n) is 4.61. The lowest BCUT2D eigenvalue weighted by atomic mass is 10.1. The summed E-state index contributed by atoms with van der Waals surface area (Å²) in [5.74, 6) is 1.35. The Bertz CT molecular complexity index is 1330. The first-order valence-electron chi connectivity index (χ1n) is 12.8. The Labute approximate surface area is 232 Å². The Kier molecular flexibility index (Phi) is 8.60. The van der Waals surface area contributed by atoms with Gasteiger partial charge in [-0.25, -0.2) is 9.36 Å². The van der Waals surface area contributed by atoms with Crippen molar-refractivity contribution in [2.75, 3.05) is 0 Å². The van der Waals surface area contributed by atoms with Crippen molar-refractivity contribution < 1.29 is 32.1 Å². The lowest BCUT2D eigenvalue weighted by molar-refractivity contribution is -0.0505. The molecule has 212 valence electrons. The maximum absolute atomic E-state index is 12.5. The van der Waals surface area contributed by atoms with Crippen LogP contribution in [0.15, 0.2) is 60.9 Å². The molecule has 0 amide bonds. The molecule has 0 aliphatic heterocycles. The molecule has 0 atom stereocenters. The van der Waals surface area contributed by atoms with Crippen LogP contribution in [0, 0.1) is 0 Å². The summed E-state index contributed by atoms with van der Waals surface area (Å²) < 4.78 is 61.9. The minimum atomic E-state index is -2.90. The number of aromatic nitrogens is 4. The topological polar surface area (TPSA) is 74.3 Å². The van der Waals surface area contributed by atoms with Crippen molar-refractivity contribution in [2.24, 2.45) is 0 Å². The third-order valence-corrected chi connectivity index (χ3v) is 6.99. The molecule has 2 aliphatic carbocycles. The van der Waals surface area contributed by atoms with Crippen molar-refractivity contribution in [3.05, 3.63) is 83.4 Å². The van der Waals surface area contributed by atoms with Gasteiger partial charge in [-0.1, -0.05) is 24.3 Å². The van der Waals surface area contributed by atoms with E-state index in [0.29, 0.717) is 28.9 Å². The first kappa shape index (κ1) is 28.0. The van der Waals surface area contributed by atoms with Gasteiger partial charge in [0.1, 0.15) is 11.4 Å². The highest BCUT2D eigenvalue weighted by molar-refractivity contribution is 6.17. The number of rotatable bonds is 10. The molecule has 0 bridgehead atoms. The predicted molar refractivity (Wildman–Crippen MR) is 140 cm³/mol. The summed E-state index contributed by atoms with van der Waals surface area (Å²) in [7, 11) is 0. The van der Waals surface area contributed by atoms with Crippen LogP contribution in [-0.4, -0.2) is 37.9 Å². The van der Waals surface area contributed by atoms with Gasteiger partial charge in [0.15, 0.2) is 11.5 Å². The van der Waals surface area contributed by atoms with Crippen LogP contribution >= 0.6 is 11.6 Å². The van der Waals surface area contributed by atoms with Gasteiger partial charge in [0, 0.05) is 0 Å². The van der Waals surface area contributed by atoms with Crippen LogP contribution < -0.4 is 9.47 Å². The standard InChI is InChI=1S/C14H13ClF2N2O.C14H14F2N2O2/c15-7-12-10(9-5-6-9)8-18-19(12)11-3-1-2-4-13(11)20-14(16)17;15-14(16)20-13-4-2-1-3-11(13)18-12(8-19)10(7-17-18)9-5-6-9/h1-4,8-9,14H,5-7H2;1-4,7,9,14,19H,5-6,8H2. The van der Waals surface area contributed by atoms with E-state index in [1.54, 1.807) is 53.5 Å². The van der Waals surface area contributed by atoms with Crippen LogP contribution in [0.3, 0.4) is 0 Å². The molecule has 1 N–H and O–H groups in total. The number of alkyl halides is 5. The molecule has 40 heavy (non-hydrogen) atoms. The molecule has 4 aromatic rings. The van der Waals surface area contributed by atoms with E-state index < -0.39 is 13.2 Å². The zero-order valence-electron chi connectivity index (χ0n) is 21.3. The average Bonchev–Trinajstić information content (AvgIpc) is 3.88. The van der Waals surface area contributed by atoms with E-state index >= 15 is 0 Å². The number of halogens is 5. The molecule has 6 rings (SSSR count). The Morgan fingerprint density at radius 3 is 1.57 bits per heavy atom. The Hall–Kier alpha value is -3.57. The minimum absolute atomic E-state index is 0.0441. The van der Waals surface area contributed by atoms with Crippen LogP contribution in [-0.2, 0) is 12.5 Å². The Morgan fingerprint density at radius 1 is 0.750 bits per heavy atom. The second-order valence-electron chi connectivity index (χ2n) is 9.45. The SMILES string of the molecule is FC(F)Oc1ccccc1-n1ncc(C2CC2)c1CCl.OCc1c(C2CC2)cnn1-c1ccccc1OC(F)F. The Morgan fingerprint density at radius 2 is 1.18 bits per heavy atom. The molecule has 2 aromatic carbocycles. The highest BCUT2D eigenvalue weighted by Gasteiger charge is 2.30. The zero-order valence-corrected chi connectivity index (χ0v) is 22.0. The molecule has 2 aromatic heterocycles. The molecule has 12 heteroatoms. The lowest BCUT2D eigenvalue weighted by Crippen LogP contribution is -2.09. The lowest BCUT2D eigenvalue weighted by Gasteiger charge is -2.12. The van der Waals surface area contributed by atoms with Crippen molar-refractivity contribution in [3.63, 3.8) is 0 Å². The Balaban J connectivity index is 0.000000161. The van der Waals surface area contributed by atoms with E-state index in [9.17, 15) is 22.7 Å². The quantitative estimate of drug-likeness (QED) is 0.163. The smallest absolute Gasteiger partial charge is 0.387 e. The van der Waals surface area contributed by atoms with Crippen LogP contribution in [0.5, 0.6) is 11.5 Å². The molecule has 0 saturated heterocycles. The molecular weight excluding hydrogens is 552 g/mol. The van der Waals surface area contributed by atoms with Crippen molar-refractivity contribution >= 4 is 11.6 Å². The minimum Gasteiger partial charge on any atom is -0.433 e. The molecule has 0 radical (unpaired) electrons. The number of nitrogens with zero attached hydrogens (tertiary/aromatic N) is 4. The van der Waals surface area contributed by atoms with Gasteiger partial charge in [-0.05, 0) is 72.9 Å². The molecule has 7 nitrogen and oxygen atoms in total. The molecule has 0 spiro atoms. The summed E-state index contributed by atoms with van der Waals surface area (Å²) in [6, 6.07) is 13.0. The van der Waals surface area contributed by atoms with Crippen LogP contribution in [0.1, 0.15) is 60.0 Å². The van der Waals surface area contributed by atoms with E-state index in [4.69, 9.17) is 11.6 Å². The van der Waals surface area contributed by atoms with Crippen LogP contribution in [0.4, 0.5) is 17.6 Å². The predicted octanol–water partition coefficient (Wildman–Crippen LogP) is 6.93. The first-order valence-corrected chi connectivity index (χ1v) is 13.3. The van der Waals surface area contributed by atoms with Gasteiger partial charge >= 0.3 is 13.2 Å². The fraction of sp³-hybridized carbons (Fsp3) is 0.357. The van der Waals surface area contributed by atoms with Gasteiger partial charge in [-0.15, -0.1) is 11.6 Å². The molecule has 0 unspecified atom stereocenters.